The van der Waals surface area contributed by atoms with Crippen molar-refractivity contribution < 1.29 is 19.2 Å². The molecular formula is C23H26N2O4. The Morgan fingerprint density at radius 1 is 0.931 bits per heavy atom. The molecule has 2 aromatic carbocycles. The lowest BCUT2D eigenvalue weighted by atomic mass is 10.0. The first-order valence-electron chi connectivity index (χ1n) is 9.82. The van der Waals surface area contributed by atoms with E-state index in [0.29, 0.717) is 17.7 Å². The van der Waals surface area contributed by atoms with Crippen molar-refractivity contribution in [2.75, 3.05) is 26.9 Å². The molecular weight excluding hydrogens is 368 g/mol. The molecule has 0 aliphatic carbocycles. The fraction of sp³-hybridized carbons (Fsp3) is 0.348. The lowest BCUT2D eigenvalue weighted by Crippen LogP contribution is -2.32. The van der Waals surface area contributed by atoms with Gasteiger partial charge in [0.1, 0.15) is 6.61 Å². The second-order valence-corrected chi connectivity index (χ2v) is 6.99. The average Bonchev–Trinajstić information content (AvgIpc) is 2.98. The zero-order chi connectivity index (χ0) is 20.6. The number of imide groups is 1. The summed E-state index contributed by atoms with van der Waals surface area (Å²) in [6.45, 7) is 3.07. The number of hydrogen-bond acceptors (Lipinski definition) is 5. The molecule has 152 valence electrons. The maximum absolute atomic E-state index is 12.4. The summed E-state index contributed by atoms with van der Waals surface area (Å²) in [6.07, 6.45) is 2.64. The van der Waals surface area contributed by atoms with Crippen molar-refractivity contribution >= 4 is 17.5 Å². The van der Waals surface area contributed by atoms with E-state index in [1.807, 2.05) is 31.2 Å². The van der Waals surface area contributed by atoms with E-state index < -0.39 is 0 Å². The first kappa shape index (κ1) is 20.7. The van der Waals surface area contributed by atoms with Gasteiger partial charge >= 0.3 is 0 Å². The number of carbonyl (C=O) groups is 2. The predicted octanol–water partition coefficient (Wildman–Crippen LogP) is 3.83. The van der Waals surface area contributed by atoms with Gasteiger partial charge in [-0.2, -0.15) is 0 Å². The van der Waals surface area contributed by atoms with Crippen molar-refractivity contribution in [2.45, 2.75) is 26.2 Å². The molecule has 0 aromatic heterocycles. The first-order valence-corrected chi connectivity index (χ1v) is 9.82. The van der Waals surface area contributed by atoms with Crippen LogP contribution in [0.25, 0.3) is 0 Å². The summed E-state index contributed by atoms with van der Waals surface area (Å²) in [5.41, 5.74) is 3.93. The number of hydrogen-bond donors (Lipinski definition) is 0. The Labute approximate surface area is 171 Å². The lowest BCUT2D eigenvalue weighted by Gasteiger charge is -2.13. The minimum Gasteiger partial charge on any atom is -0.394 e. The molecule has 2 aromatic rings. The van der Waals surface area contributed by atoms with Gasteiger partial charge in [-0.25, -0.2) is 0 Å². The van der Waals surface area contributed by atoms with Crippen LogP contribution in [0.2, 0.25) is 0 Å². The maximum atomic E-state index is 12.4. The molecule has 0 atom stereocenters. The minimum atomic E-state index is -0.281. The van der Waals surface area contributed by atoms with Crippen LogP contribution in [0.5, 0.6) is 0 Å². The van der Waals surface area contributed by atoms with E-state index in [1.165, 1.54) is 10.5 Å². The Hall–Kier alpha value is -2.99. The van der Waals surface area contributed by atoms with Crippen LogP contribution in [0, 0.1) is 6.92 Å². The molecule has 0 saturated heterocycles. The summed E-state index contributed by atoms with van der Waals surface area (Å²) in [6, 6.07) is 15.0. The predicted molar refractivity (Wildman–Crippen MR) is 111 cm³/mol. The van der Waals surface area contributed by atoms with Crippen LogP contribution >= 0.6 is 0 Å². The number of unbranched alkanes of at least 4 members (excludes halogenated alkanes) is 1. The number of rotatable bonds is 10. The van der Waals surface area contributed by atoms with E-state index in [9.17, 15) is 9.59 Å². The van der Waals surface area contributed by atoms with Gasteiger partial charge in [0.05, 0.1) is 23.4 Å². The number of ether oxygens (including phenoxy) is 1. The van der Waals surface area contributed by atoms with Crippen LogP contribution in [0.1, 0.15) is 51.1 Å². The Bertz CT molecular complexity index is 855. The van der Waals surface area contributed by atoms with Gasteiger partial charge in [-0.15, -0.1) is 0 Å². The SMILES string of the molecule is COCCCC/C(=N\OCCN1C(=O)c2ccccc2C1=O)c1ccc(C)cc1. The molecule has 1 aliphatic heterocycles. The van der Waals surface area contributed by atoms with Gasteiger partial charge in [0, 0.05) is 13.7 Å². The molecule has 3 rings (SSSR count). The van der Waals surface area contributed by atoms with Crippen LogP contribution in [-0.2, 0) is 9.57 Å². The van der Waals surface area contributed by atoms with Crippen molar-refractivity contribution in [2.24, 2.45) is 5.16 Å². The molecule has 0 fully saturated rings. The molecule has 0 bridgehead atoms. The summed E-state index contributed by atoms with van der Waals surface area (Å²) < 4.78 is 5.11. The summed E-state index contributed by atoms with van der Waals surface area (Å²) >= 11 is 0. The minimum absolute atomic E-state index is 0.152. The fourth-order valence-corrected chi connectivity index (χ4v) is 3.23. The third-order valence-corrected chi connectivity index (χ3v) is 4.86. The van der Waals surface area contributed by atoms with Gasteiger partial charge < -0.3 is 9.57 Å². The van der Waals surface area contributed by atoms with Crippen LogP contribution in [0.15, 0.2) is 53.7 Å². The molecule has 6 heteroatoms. The third-order valence-electron chi connectivity index (χ3n) is 4.86. The second kappa shape index (κ2) is 9.98. The zero-order valence-corrected chi connectivity index (χ0v) is 16.9. The van der Waals surface area contributed by atoms with Gasteiger partial charge in [-0.3, -0.25) is 14.5 Å². The highest BCUT2D eigenvalue weighted by molar-refractivity contribution is 6.21. The summed E-state index contributed by atoms with van der Waals surface area (Å²) in [5.74, 6) is -0.562. The van der Waals surface area contributed by atoms with Gasteiger partial charge in [-0.05, 0) is 43.9 Å². The van der Waals surface area contributed by atoms with E-state index in [-0.39, 0.29) is 25.0 Å². The molecule has 1 aliphatic rings. The molecule has 0 N–H and O–H groups in total. The van der Waals surface area contributed by atoms with Crippen molar-refractivity contribution in [3.63, 3.8) is 0 Å². The molecule has 6 nitrogen and oxygen atoms in total. The largest absolute Gasteiger partial charge is 0.394 e. The number of methoxy groups -OCH3 is 1. The fourth-order valence-electron chi connectivity index (χ4n) is 3.23. The zero-order valence-electron chi connectivity index (χ0n) is 16.9. The van der Waals surface area contributed by atoms with Gasteiger partial charge in [-0.1, -0.05) is 47.1 Å². The van der Waals surface area contributed by atoms with Crippen LogP contribution in [-0.4, -0.2) is 49.3 Å². The standard InChI is InChI=1S/C23H26N2O4/c1-17-10-12-18(13-11-17)21(9-5-6-15-28-2)24-29-16-14-25-22(26)19-7-3-4-8-20(19)23(25)27/h3-4,7-8,10-13H,5-6,9,14-16H2,1-2H3/b24-21+. The number of carbonyl (C=O) groups excluding carboxylic acids is 2. The average molecular weight is 394 g/mol. The maximum Gasteiger partial charge on any atom is 0.261 e. The number of oxime groups is 1. The van der Waals surface area contributed by atoms with Crippen molar-refractivity contribution in [3.8, 4) is 0 Å². The lowest BCUT2D eigenvalue weighted by molar-refractivity contribution is 0.0570. The Kier molecular flexibility index (Phi) is 7.14. The molecule has 0 unspecified atom stereocenters. The first-order chi connectivity index (χ1) is 14.1. The van der Waals surface area contributed by atoms with E-state index in [0.717, 1.165) is 30.5 Å². The van der Waals surface area contributed by atoms with Crippen molar-refractivity contribution in [1.82, 2.24) is 4.90 Å². The number of benzene rings is 2. The summed E-state index contributed by atoms with van der Waals surface area (Å²) in [5, 5.41) is 4.31. The Morgan fingerprint density at radius 3 is 2.21 bits per heavy atom. The number of amides is 2. The van der Waals surface area contributed by atoms with Crippen molar-refractivity contribution in [1.29, 1.82) is 0 Å². The summed E-state index contributed by atoms with van der Waals surface area (Å²) in [4.78, 5) is 31.5. The molecule has 0 saturated carbocycles. The van der Waals surface area contributed by atoms with Gasteiger partial charge in [0.15, 0.2) is 0 Å². The number of aryl methyl sites for hydroxylation is 1. The second-order valence-electron chi connectivity index (χ2n) is 6.99. The van der Waals surface area contributed by atoms with Gasteiger partial charge in [0.2, 0.25) is 0 Å². The molecule has 2 amide bonds. The normalized spacial score (nSPS) is 13.7. The molecule has 0 spiro atoms. The molecule has 1 heterocycles. The highest BCUT2D eigenvalue weighted by atomic mass is 16.6. The van der Waals surface area contributed by atoms with E-state index >= 15 is 0 Å². The van der Waals surface area contributed by atoms with E-state index in [2.05, 4.69) is 5.16 Å². The van der Waals surface area contributed by atoms with E-state index in [1.54, 1.807) is 31.4 Å². The number of nitrogens with zero attached hydrogens (tertiary/aromatic N) is 2. The summed E-state index contributed by atoms with van der Waals surface area (Å²) in [7, 11) is 1.69. The smallest absolute Gasteiger partial charge is 0.261 e. The Morgan fingerprint density at radius 2 is 1.59 bits per heavy atom. The van der Waals surface area contributed by atoms with Crippen LogP contribution in [0.3, 0.4) is 0 Å². The van der Waals surface area contributed by atoms with Gasteiger partial charge in [0.25, 0.3) is 11.8 Å². The third kappa shape index (κ3) is 5.09. The quantitative estimate of drug-likeness (QED) is 0.266. The van der Waals surface area contributed by atoms with Crippen LogP contribution < -0.4 is 0 Å². The topological polar surface area (TPSA) is 68.2 Å². The highest BCUT2D eigenvalue weighted by Gasteiger charge is 2.34. The number of fused-ring (bicyclic) bond motifs is 1. The van der Waals surface area contributed by atoms with E-state index in [4.69, 9.17) is 9.57 Å². The molecule has 29 heavy (non-hydrogen) atoms. The monoisotopic (exact) mass is 394 g/mol. The van der Waals surface area contributed by atoms with Crippen LogP contribution in [0.4, 0.5) is 0 Å². The highest BCUT2D eigenvalue weighted by Crippen LogP contribution is 2.22. The Balaban J connectivity index is 1.60. The van der Waals surface area contributed by atoms with Crippen molar-refractivity contribution in [3.05, 3.63) is 70.8 Å². The molecule has 0 radical (unpaired) electrons.